The lowest BCUT2D eigenvalue weighted by Crippen LogP contribution is -1.99. The molecular weight excluding hydrogens is 162 g/mol. The van der Waals surface area contributed by atoms with Crippen molar-refractivity contribution in [1.29, 1.82) is 0 Å². The minimum atomic E-state index is 0.766. The predicted octanol–water partition coefficient (Wildman–Crippen LogP) is 3.07. The van der Waals surface area contributed by atoms with E-state index < -0.39 is 0 Å². The Morgan fingerprint density at radius 3 is 3.08 bits per heavy atom. The van der Waals surface area contributed by atoms with Gasteiger partial charge in [-0.25, -0.2) is 0 Å². The van der Waals surface area contributed by atoms with Crippen molar-refractivity contribution in [2.75, 3.05) is 6.61 Å². The highest BCUT2D eigenvalue weighted by atomic mass is 16.5. The van der Waals surface area contributed by atoms with Gasteiger partial charge in [-0.2, -0.15) is 0 Å². The molecule has 2 nitrogen and oxygen atoms in total. The van der Waals surface area contributed by atoms with Gasteiger partial charge in [-0.05, 0) is 12.5 Å². The molecule has 1 aliphatic heterocycles. The summed E-state index contributed by atoms with van der Waals surface area (Å²) < 4.78 is 5.56. The van der Waals surface area contributed by atoms with Gasteiger partial charge in [-0.15, -0.1) is 0 Å². The minimum Gasteiger partial charge on any atom is -0.497 e. The Kier molecular flexibility index (Phi) is 4.30. The monoisotopic (exact) mass is 179 g/mol. The molecule has 72 valence electrons. The van der Waals surface area contributed by atoms with Gasteiger partial charge in [-0.3, -0.25) is 4.99 Å². The van der Waals surface area contributed by atoms with E-state index in [1.165, 1.54) is 12.8 Å². The molecule has 0 unspecified atom stereocenters. The first kappa shape index (κ1) is 10.0. The molecular formula is C11H17NO. The van der Waals surface area contributed by atoms with E-state index in [0.29, 0.717) is 0 Å². The van der Waals surface area contributed by atoms with Crippen LogP contribution in [0.5, 0.6) is 0 Å². The fraction of sp³-hybridized carbons (Fsp3) is 0.545. The van der Waals surface area contributed by atoms with Crippen LogP contribution in [0.1, 0.15) is 32.6 Å². The topological polar surface area (TPSA) is 21.6 Å². The van der Waals surface area contributed by atoms with Gasteiger partial charge in [0.15, 0.2) is 0 Å². The van der Waals surface area contributed by atoms with Crippen LogP contribution in [0.2, 0.25) is 0 Å². The van der Waals surface area contributed by atoms with Gasteiger partial charge in [0.2, 0.25) is 0 Å². The van der Waals surface area contributed by atoms with Crippen LogP contribution in [0.4, 0.5) is 0 Å². The molecule has 0 aromatic heterocycles. The quantitative estimate of drug-likeness (QED) is 0.594. The molecule has 0 aromatic rings. The maximum atomic E-state index is 5.56. The zero-order chi connectivity index (χ0) is 9.52. The van der Waals surface area contributed by atoms with Crippen molar-refractivity contribution in [3.05, 3.63) is 24.1 Å². The van der Waals surface area contributed by atoms with Crippen molar-refractivity contribution in [2.45, 2.75) is 32.6 Å². The number of hydrogen-bond donors (Lipinski definition) is 0. The Morgan fingerprint density at radius 2 is 2.38 bits per heavy atom. The van der Waals surface area contributed by atoms with E-state index in [2.05, 4.69) is 18.5 Å². The van der Waals surface area contributed by atoms with Crippen molar-refractivity contribution < 1.29 is 4.74 Å². The molecule has 0 bridgehead atoms. The maximum Gasteiger partial charge on any atom is 0.103 e. The van der Waals surface area contributed by atoms with Crippen LogP contribution >= 0.6 is 0 Å². The Labute approximate surface area is 80.0 Å². The number of dihydropyridines is 1. The molecule has 2 heteroatoms. The highest BCUT2D eigenvalue weighted by Gasteiger charge is 2.03. The Morgan fingerprint density at radius 1 is 1.54 bits per heavy atom. The molecule has 1 aliphatic rings. The van der Waals surface area contributed by atoms with Crippen molar-refractivity contribution in [2.24, 2.45) is 4.99 Å². The molecule has 1 heterocycles. The predicted molar refractivity (Wildman–Crippen MR) is 55.8 cm³/mol. The van der Waals surface area contributed by atoms with E-state index in [-0.39, 0.29) is 0 Å². The molecule has 0 radical (unpaired) electrons. The van der Waals surface area contributed by atoms with Crippen molar-refractivity contribution in [1.82, 2.24) is 0 Å². The zero-order valence-corrected chi connectivity index (χ0v) is 8.25. The summed E-state index contributed by atoms with van der Waals surface area (Å²) in [6.07, 6.45) is 8.04. The second kappa shape index (κ2) is 5.57. The van der Waals surface area contributed by atoms with Gasteiger partial charge in [0, 0.05) is 18.3 Å². The highest BCUT2D eigenvalue weighted by molar-refractivity contribution is 5.74. The summed E-state index contributed by atoms with van der Waals surface area (Å²) in [6.45, 7) is 6.80. The van der Waals surface area contributed by atoms with E-state index in [4.69, 9.17) is 4.74 Å². The fourth-order valence-corrected chi connectivity index (χ4v) is 1.19. The maximum absolute atomic E-state index is 5.56. The van der Waals surface area contributed by atoms with Crippen LogP contribution in [-0.2, 0) is 4.74 Å². The third-order valence-electron chi connectivity index (χ3n) is 1.93. The molecule has 0 spiro atoms. The third-order valence-corrected chi connectivity index (χ3v) is 1.93. The lowest BCUT2D eigenvalue weighted by molar-refractivity contribution is 0.200. The van der Waals surface area contributed by atoms with Gasteiger partial charge < -0.3 is 4.74 Å². The van der Waals surface area contributed by atoms with Crippen molar-refractivity contribution in [3.63, 3.8) is 0 Å². The largest absolute Gasteiger partial charge is 0.497 e. The average Bonchev–Trinajstić information content (AvgIpc) is 2.13. The first-order chi connectivity index (χ1) is 6.33. The number of aliphatic imine (C=N–C) groups is 1. The Hall–Kier alpha value is -1.05. The molecule has 1 rings (SSSR count). The van der Waals surface area contributed by atoms with E-state index >= 15 is 0 Å². The number of nitrogens with zero attached hydrogens (tertiary/aromatic N) is 1. The standard InChI is InChI=1S/C11H17NO/c1-3-4-5-8-13-11-6-7-12-10(2)9-11/h6-7H,2-5,8-9H2,1H3. The third kappa shape index (κ3) is 3.92. The van der Waals surface area contributed by atoms with Gasteiger partial charge in [0.25, 0.3) is 0 Å². The second-order valence-electron chi connectivity index (χ2n) is 3.21. The summed E-state index contributed by atoms with van der Waals surface area (Å²) in [5.41, 5.74) is 0.882. The fourth-order valence-electron chi connectivity index (χ4n) is 1.19. The molecule has 0 amide bonds. The van der Waals surface area contributed by atoms with Gasteiger partial charge in [0.1, 0.15) is 5.76 Å². The molecule has 0 N–H and O–H groups in total. The minimum absolute atomic E-state index is 0.766. The van der Waals surface area contributed by atoms with E-state index in [0.717, 1.165) is 30.9 Å². The summed E-state index contributed by atoms with van der Waals surface area (Å²) >= 11 is 0. The highest BCUT2D eigenvalue weighted by Crippen LogP contribution is 2.15. The van der Waals surface area contributed by atoms with Crippen LogP contribution in [-0.4, -0.2) is 12.8 Å². The summed E-state index contributed by atoms with van der Waals surface area (Å²) in [4.78, 5) is 4.05. The number of unbranched alkanes of at least 4 members (excludes halogenated alkanes) is 2. The molecule has 0 aliphatic carbocycles. The Balaban J connectivity index is 2.18. The van der Waals surface area contributed by atoms with Crippen LogP contribution in [0.15, 0.2) is 29.1 Å². The molecule has 13 heavy (non-hydrogen) atoms. The van der Waals surface area contributed by atoms with Gasteiger partial charge in [-0.1, -0.05) is 26.3 Å². The average molecular weight is 179 g/mol. The van der Waals surface area contributed by atoms with Crippen molar-refractivity contribution >= 4 is 6.21 Å². The number of rotatable bonds is 5. The molecule has 0 saturated carbocycles. The first-order valence-electron chi connectivity index (χ1n) is 4.86. The van der Waals surface area contributed by atoms with E-state index in [9.17, 15) is 0 Å². The lowest BCUT2D eigenvalue weighted by Gasteiger charge is -2.11. The normalized spacial score (nSPS) is 15.8. The molecule has 0 fully saturated rings. The second-order valence-corrected chi connectivity index (χ2v) is 3.21. The number of hydrogen-bond acceptors (Lipinski definition) is 2. The van der Waals surface area contributed by atoms with E-state index in [1.807, 2.05) is 6.08 Å². The number of allylic oxidation sites excluding steroid dienone is 1. The summed E-state index contributed by atoms with van der Waals surface area (Å²) in [5, 5.41) is 0. The zero-order valence-electron chi connectivity index (χ0n) is 8.25. The summed E-state index contributed by atoms with van der Waals surface area (Å²) in [6, 6.07) is 0. The lowest BCUT2D eigenvalue weighted by atomic mass is 10.2. The first-order valence-corrected chi connectivity index (χ1v) is 4.86. The van der Waals surface area contributed by atoms with Crippen LogP contribution in [0.3, 0.4) is 0 Å². The van der Waals surface area contributed by atoms with Crippen LogP contribution in [0.25, 0.3) is 0 Å². The molecule has 0 saturated heterocycles. The summed E-state index contributed by atoms with van der Waals surface area (Å²) in [7, 11) is 0. The van der Waals surface area contributed by atoms with Crippen LogP contribution < -0.4 is 0 Å². The number of ether oxygens (including phenoxy) is 1. The van der Waals surface area contributed by atoms with Crippen molar-refractivity contribution in [3.8, 4) is 0 Å². The van der Waals surface area contributed by atoms with E-state index in [1.54, 1.807) is 6.21 Å². The summed E-state index contributed by atoms with van der Waals surface area (Å²) in [5.74, 6) is 0.996. The molecule has 0 aromatic carbocycles. The van der Waals surface area contributed by atoms with Gasteiger partial charge in [0.05, 0.1) is 6.61 Å². The van der Waals surface area contributed by atoms with Crippen LogP contribution in [0, 0.1) is 0 Å². The smallest absolute Gasteiger partial charge is 0.103 e. The SMILES string of the molecule is C=C1CC(OCCCCC)=CC=N1. The Bertz CT molecular complexity index is 228. The molecule has 0 atom stereocenters. The van der Waals surface area contributed by atoms with Gasteiger partial charge >= 0.3 is 0 Å².